The highest BCUT2D eigenvalue weighted by Gasteiger charge is 2.15. The number of hydrogen-bond acceptors (Lipinski definition) is 5. The first-order chi connectivity index (χ1) is 14.3. The third kappa shape index (κ3) is 5.84. The zero-order valence-electron chi connectivity index (χ0n) is 16.8. The fourth-order valence-electron chi connectivity index (χ4n) is 2.85. The minimum Gasteiger partial charge on any atom is -0.392 e. The number of anilines is 2. The zero-order chi connectivity index (χ0) is 21.8. The second-order valence-corrected chi connectivity index (χ2v) is 7.22. The quantitative estimate of drug-likeness (QED) is 0.520. The molecule has 0 saturated carbocycles. The Kier molecular flexibility index (Phi) is 8.21. The number of aliphatic hydroxyl groups excluding tert-OH is 1. The van der Waals surface area contributed by atoms with Crippen molar-refractivity contribution >= 4 is 42.4 Å². The van der Waals surface area contributed by atoms with Crippen LogP contribution in [0.15, 0.2) is 53.7 Å². The average molecular weight is 465 g/mol. The van der Waals surface area contributed by atoms with Gasteiger partial charge in [0.25, 0.3) is 11.5 Å². The first-order valence-electron chi connectivity index (χ1n) is 9.09. The second kappa shape index (κ2) is 10.4. The van der Waals surface area contributed by atoms with Gasteiger partial charge in [-0.05, 0) is 37.3 Å². The number of carbonyl (C=O) groups excluding carboxylic acids is 1. The molecule has 1 amide bonds. The third-order valence-electron chi connectivity index (χ3n) is 4.30. The van der Waals surface area contributed by atoms with E-state index in [0.29, 0.717) is 16.4 Å². The Balaban J connectivity index is 0.00000341. The van der Waals surface area contributed by atoms with Gasteiger partial charge in [0.05, 0.1) is 28.6 Å². The van der Waals surface area contributed by atoms with Gasteiger partial charge in [-0.15, -0.1) is 0 Å². The Labute approximate surface area is 190 Å². The maximum atomic E-state index is 14.3. The van der Waals surface area contributed by atoms with Crippen LogP contribution in [0.5, 0.6) is 0 Å². The lowest BCUT2D eigenvalue weighted by atomic mass is 10.1. The standard InChI is InChI=1S/C21H20ClFN4O3.H2S/c1-12(28)9-25-20(29)17-10-24-6-5-19(17)26-14-8-16(21(30)27(2)11-14)15-7-13(22)3-4-18(15)23;/h3-8,10-12,28H,9H2,1-2H3,(H,24,26)(H,25,29);1H2/t12-;/m0./s1. The van der Waals surface area contributed by atoms with E-state index in [9.17, 15) is 19.1 Å². The number of rotatable bonds is 6. The summed E-state index contributed by atoms with van der Waals surface area (Å²) in [5.41, 5.74) is 0.952. The number of aliphatic hydroxyl groups is 1. The van der Waals surface area contributed by atoms with Crippen LogP contribution in [0.4, 0.5) is 15.8 Å². The van der Waals surface area contributed by atoms with Crippen LogP contribution in [0.25, 0.3) is 11.1 Å². The summed E-state index contributed by atoms with van der Waals surface area (Å²) in [5, 5.41) is 15.4. The molecule has 3 N–H and O–H groups in total. The summed E-state index contributed by atoms with van der Waals surface area (Å²) in [4.78, 5) is 29.0. The predicted octanol–water partition coefficient (Wildman–Crippen LogP) is 3.21. The lowest BCUT2D eigenvalue weighted by Crippen LogP contribution is -2.31. The fourth-order valence-corrected chi connectivity index (χ4v) is 3.02. The van der Waals surface area contributed by atoms with Gasteiger partial charge in [-0.25, -0.2) is 4.39 Å². The van der Waals surface area contributed by atoms with Crippen molar-refractivity contribution in [1.29, 1.82) is 0 Å². The maximum Gasteiger partial charge on any atom is 0.258 e. The van der Waals surface area contributed by atoms with Crippen molar-refractivity contribution in [3.8, 4) is 11.1 Å². The van der Waals surface area contributed by atoms with Crippen LogP contribution in [0.2, 0.25) is 5.02 Å². The second-order valence-electron chi connectivity index (χ2n) is 6.79. The van der Waals surface area contributed by atoms with Crippen LogP contribution in [-0.2, 0) is 7.05 Å². The maximum absolute atomic E-state index is 14.3. The van der Waals surface area contributed by atoms with Gasteiger partial charge in [-0.2, -0.15) is 13.5 Å². The molecular formula is C21H22ClFN4O3S. The Morgan fingerprint density at radius 1 is 1.29 bits per heavy atom. The Morgan fingerprint density at radius 3 is 2.74 bits per heavy atom. The van der Waals surface area contributed by atoms with Gasteiger partial charge in [0, 0.05) is 42.8 Å². The van der Waals surface area contributed by atoms with E-state index >= 15 is 0 Å². The van der Waals surface area contributed by atoms with Crippen LogP contribution in [0.3, 0.4) is 0 Å². The van der Waals surface area contributed by atoms with E-state index in [-0.39, 0.29) is 36.7 Å². The van der Waals surface area contributed by atoms with Crippen LogP contribution in [0, 0.1) is 5.82 Å². The molecule has 164 valence electrons. The van der Waals surface area contributed by atoms with E-state index in [1.165, 1.54) is 47.4 Å². The number of nitrogens with one attached hydrogen (secondary N) is 2. The van der Waals surface area contributed by atoms with Crippen molar-refractivity contribution in [3.63, 3.8) is 0 Å². The molecule has 0 aliphatic heterocycles. The molecule has 0 spiro atoms. The van der Waals surface area contributed by atoms with Crippen molar-refractivity contribution in [1.82, 2.24) is 14.9 Å². The summed E-state index contributed by atoms with van der Waals surface area (Å²) >= 11 is 5.98. The highest BCUT2D eigenvalue weighted by Crippen LogP contribution is 2.27. The van der Waals surface area contributed by atoms with E-state index < -0.39 is 23.4 Å². The number of aryl methyl sites for hydroxylation is 1. The first kappa shape index (κ1) is 24.4. The summed E-state index contributed by atoms with van der Waals surface area (Å²) in [5.74, 6) is -0.992. The number of benzene rings is 1. The molecule has 7 nitrogen and oxygen atoms in total. The lowest BCUT2D eigenvalue weighted by Gasteiger charge is -2.14. The van der Waals surface area contributed by atoms with E-state index in [0.717, 1.165) is 0 Å². The lowest BCUT2D eigenvalue weighted by molar-refractivity contribution is 0.0924. The van der Waals surface area contributed by atoms with Crippen LogP contribution < -0.4 is 16.2 Å². The molecule has 0 fully saturated rings. The van der Waals surface area contributed by atoms with Crippen molar-refractivity contribution in [2.45, 2.75) is 13.0 Å². The Hall–Kier alpha value is -2.88. The van der Waals surface area contributed by atoms with E-state index in [4.69, 9.17) is 11.6 Å². The van der Waals surface area contributed by atoms with Crippen molar-refractivity contribution < 1.29 is 14.3 Å². The Morgan fingerprint density at radius 2 is 2.03 bits per heavy atom. The number of pyridine rings is 2. The largest absolute Gasteiger partial charge is 0.392 e. The molecule has 0 aliphatic rings. The van der Waals surface area contributed by atoms with E-state index in [1.54, 1.807) is 20.0 Å². The monoisotopic (exact) mass is 464 g/mol. The van der Waals surface area contributed by atoms with Crippen molar-refractivity contribution in [2.24, 2.45) is 7.05 Å². The average Bonchev–Trinajstić information content (AvgIpc) is 2.71. The molecule has 2 heterocycles. The fraction of sp³-hybridized carbons (Fsp3) is 0.190. The number of carbonyl (C=O) groups is 1. The van der Waals surface area contributed by atoms with E-state index in [2.05, 4.69) is 15.6 Å². The molecule has 0 bridgehead atoms. The molecule has 0 saturated heterocycles. The zero-order valence-corrected chi connectivity index (χ0v) is 18.6. The molecule has 3 aromatic rings. The number of hydrogen-bond donors (Lipinski definition) is 3. The third-order valence-corrected chi connectivity index (χ3v) is 4.54. The predicted molar refractivity (Wildman–Crippen MR) is 124 cm³/mol. The molecular weight excluding hydrogens is 443 g/mol. The Bertz CT molecular complexity index is 1150. The van der Waals surface area contributed by atoms with E-state index in [1.807, 2.05) is 0 Å². The first-order valence-corrected chi connectivity index (χ1v) is 9.47. The van der Waals surface area contributed by atoms with Gasteiger partial charge in [0.15, 0.2) is 0 Å². The summed E-state index contributed by atoms with van der Waals surface area (Å²) in [6, 6.07) is 7.09. The smallest absolute Gasteiger partial charge is 0.258 e. The van der Waals surface area contributed by atoms with Gasteiger partial charge in [-0.3, -0.25) is 14.6 Å². The molecule has 10 heteroatoms. The highest BCUT2D eigenvalue weighted by atomic mass is 35.5. The van der Waals surface area contributed by atoms with Gasteiger partial charge >= 0.3 is 0 Å². The molecule has 1 atom stereocenters. The summed E-state index contributed by atoms with van der Waals surface area (Å²) < 4.78 is 15.6. The van der Waals surface area contributed by atoms with Gasteiger partial charge in [0.1, 0.15) is 5.82 Å². The normalized spacial score (nSPS) is 11.4. The minimum atomic E-state index is -0.694. The summed E-state index contributed by atoms with van der Waals surface area (Å²) in [7, 11) is 1.54. The molecule has 3 rings (SSSR count). The molecule has 0 unspecified atom stereocenters. The number of amides is 1. The minimum absolute atomic E-state index is 0. The highest BCUT2D eigenvalue weighted by molar-refractivity contribution is 7.59. The van der Waals surface area contributed by atoms with Gasteiger partial charge in [-0.1, -0.05) is 11.6 Å². The van der Waals surface area contributed by atoms with Crippen molar-refractivity contribution in [3.05, 3.63) is 75.7 Å². The topological polar surface area (TPSA) is 96.2 Å². The number of halogens is 2. The van der Waals surface area contributed by atoms with Crippen LogP contribution in [-0.4, -0.2) is 33.2 Å². The molecule has 1 aromatic carbocycles. The number of aromatic nitrogens is 2. The van der Waals surface area contributed by atoms with Gasteiger partial charge < -0.3 is 20.3 Å². The van der Waals surface area contributed by atoms with Gasteiger partial charge in [0.2, 0.25) is 0 Å². The number of nitrogens with zero attached hydrogens (tertiary/aromatic N) is 2. The van der Waals surface area contributed by atoms with Crippen LogP contribution in [0.1, 0.15) is 17.3 Å². The molecule has 31 heavy (non-hydrogen) atoms. The van der Waals surface area contributed by atoms with Crippen molar-refractivity contribution in [2.75, 3.05) is 11.9 Å². The SMILES string of the molecule is C[C@H](O)CNC(=O)c1cnccc1Nc1cc(-c2cc(Cl)ccc2F)c(=O)n(C)c1.S. The summed E-state index contributed by atoms with van der Waals surface area (Å²) in [6.45, 7) is 1.65. The molecule has 0 aliphatic carbocycles. The molecule has 2 aromatic heterocycles. The summed E-state index contributed by atoms with van der Waals surface area (Å²) in [6.07, 6.45) is 3.74. The van der Waals surface area contributed by atoms with Crippen LogP contribution >= 0.6 is 25.1 Å². The molecule has 0 radical (unpaired) electrons.